The highest BCUT2D eigenvalue weighted by molar-refractivity contribution is 7.16. The van der Waals surface area contributed by atoms with Gasteiger partial charge < -0.3 is 13.9 Å². The summed E-state index contributed by atoms with van der Waals surface area (Å²) >= 11 is 1.56. The smallest absolute Gasteiger partial charge is 0.261 e. The maximum absolute atomic E-state index is 13.4. The Kier molecular flexibility index (Phi) is 6.55. The van der Waals surface area contributed by atoms with Crippen LogP contribution in [0.2, 0.25) is 0 Å². The standard InChI is InChI=1S/C28H27N3O4S/c32-28(30-25-17-21-7-8-24-26(27(21)35-25)29-18-36-24)22-15-19-5-1-2-6-20(19)16-23(22)34-12-4-3-9-31-10-13-33-14-11-31/h1-2,5-8,15-18H,3-4,9-14H2,(H,30,32). The third kappa shape index (κ3) is 4.80. The summed E-state index contributed by atoms with van der Waals surface area (Å²) in [6.07, 6.45) is 1.96. The molecule has 5 aromatic rings. The molecule has 1 amide bonds. The first-order valence-electron chi connectivity index (χ1n) is 12.3. The fraction of sp³-hybridized carbons (Fsp3) is 0.286. The average Bonchev–Trinajstić information content (AvgIpc) is 3.55. The Bertz CT molecular complexity index is 1520. The van der Waals surface area contributed by atoms with Crippen molar-refractivity contribution in [2.45, 2.75) is 12.8 Å². The zero-order chi connectivity index (χ0) is 24.3. The van der Waals surface area contributed by atoms with Gasteiger partial charge in [0.05, 0.1) is 35.6 Å². The first kappa shape index (κ1) is 23.0. The molecular formula is C28H27N3O4S. The summed E-state index contributed by atoms with van der Waals surface area (Å²) in [5.41, 5.74) is 3.77. The van der Waals surface area contributed by atoms with Crippen LogP contribution in [0.15, 0.2) is 64.5 Å². The summed E-state index contributed by atoms with van der Waals surface area (Å²) in [4.78, 5) is 20.2. The number of carbonyl (C=O) groups excluding carboxylic acids is 1. The van der Waals surface area contributed by atoms with Crippen LogP contribution in [0.25, 0.3) is 32.0 Å². The highest BCUT2D eigenvalue weighted by atomic mass is 32.1. The van der Waals surface area contributed by atoms with E-state index >= 15 is 0 Å². The molecule has 6 rings (SSSR count). The molecule has 36 heavy (non-hydrogen) atoms. The number of fused-ring (bicyclic) bond motifs is 4. The molecule has 1 aliphatic rings. The lowest BCUT2D eigenvalue weighted by Gasteiger charge is -2.26. The normalized spacial score (nSPS) is 14.6. The van der Waals surface area contributed by atoms with Gasteiger partial charge in [-0.3, -0.25) is 15.0 Å². The van der Waals surface area contributed by atoms with Crippen LogP contribution in [0.1, 0.15) is 23.2 Å². The lowest BCUT2D eigenvalue weighted by Crippen LogP contribution is -2.36. The molecule has 0 aliphatic carbocycles. The summed E-state index contributed by atoms with van der Waals surface area (Å²) in [6, 6.07) is 17.6. The number of thiazole rings is 1. The molecule has 3 heterocycles. The second kappa shape index (κ2) is 10.3. The van der Waals surface area contributed by atoms with Gasteiger partial charge in [0, 0.05) is 24.5 Å². The minimum atomic E-state index is -0.266. The lowest BCUT2D eigenvalue weighted by atomic mass is 10.1. The summed E-state index contributed by atoms with van der Waals surface area (Å²) < 4.78 is 18.6. The van der Waals surface area contributed by atoms with Crippen LogP contribution in [0.3, 0.4) is 0 Å². The Hall–Kier alpha value is -3.46. The fourth-order valence-electron chi connectivity index (χ4n) is 4.62. The number of morpholine rings is 1. The molecule has 2 aromatic heterocycles. The predicted octanol–water partition coefficient (Wildman–Crippen LogP) is 5.94. The van der Waals surface area contributed by atoms with Gasteiger partial charge in [-0.05, 0) is 54.4 Å². The maximum Gasteiger partial charge on any atom is 0.261 e. The molecular weight excluding hydrogens is 474 g/mol. The van der Waals surface area contributed by atoms with Gasteiger partial charge in [0.2, 0.25) is 5.88 Å². The van der Waals surface area contributed by atoms with Crippen molar-refractivity contribution in [3.63, 3.8) is 0 Å². The number of rotatable bonds is 8. The summed E-state index contributed by atoms with van der Waals surface area (Å²) in [7, 11) is 0. The van der Waals surface area contributed by atoms with Gasteiger partial charge in [-0.1, -0.05) is 24.3 Å². The van der Waals surface area contributed by atoms with Gasteiger partial charge in [0.1, 0.15) is 11.3 Å². The molecule has 1 N–H and O–H groups in total. The number of anilines is 1. The molecule has 8 heteroatoms. The van der Waals surface area contributed by atoms with E-state index in [9.17, 15) is 4.79 Å². The van der Waals surface area contributed by atoms with Crippen LogP contribution in [0, 0.1) is 0 Å². The molecule has 0 unspecified atom stereocenters. The van der Waals surface area contributed by atoms with Crippen molar-refractivity contribution in [2.24, 2.45) is 0 Å². The Labute approximate surface area is 212 Å². The SMILES string of the molecule is O=C(Nc1cc2ccc3scnc3c2o1)c1cc2ccccc2cc1OCCCCN1CCOCC1. The Morgan fingerprint density at radius 3 is 2.72 bits per heavy atom. The number of carbonyl (C=O) groups is 1. The molecule has 1 aliphatic heterocycles. The molecule has 184 valence electrons. The molecule has 0 radical (unpaired) electrons. The van der Waals surface area contributed by atoms with E-state index in [0.29, 0.717) is 29.4 Å². The van der Waals surface area contributed by atoms with E-state index in [-0.39, 0.29) is 5.91 Å². The monoisotopic (exact) mass is 501 g/mol. The Morgan fingerprint density at radius 1 is 1.03 bits per heavy atom. The van der Waals surface area contributed by atoms with E-state index in [1.807, 2.05) is 54.6 Å². The van der Waals surface area contributed by atoms with E-state index in [1.165, 1.54) is 0 Å². The number of nitrogens with one attached hydrogen (secondary N) is 1. The zero-order valence-electron chi connectivity index (χ0n) is 19.9. The van der Waals surface area contributed by atoms with E-state index in [0.717, 1.165) is 72.1 Å². The van der Waals surface area contributed by atoms with E-state index < -0.39 is 0 Å². The molecule has 0 bridgehead atoms. The number of hydrogen-bond donors (Lipinski definition) is 1. The van der Waals surface area contributed by atoms with Crippen molar-refractivity contribution >= 4 is 55.1 Å². The fourth-order valence-corrected chi connectivity index (χ4v) is 5.30. The third-order valence-electron chi connectivity index (χ3n) is 6.54. The van der Waals surface area contributed by atoms with Crippen molar-refractivity contribution in [3.8, 4) is 5.75 Å². The Balaban J connectivity index is 1.19. The van der Waals surface area contributed by atoms with Gasteiger partial charge in [-0.15, -0.1) is 11.3 Å². The first-order valence-corrected chi connectivity index (χ1v) is 13.2. The number of unbranched alkanes of at least 4 members (excludes halogenated alkanes) is 1. The highest BCUT2D eigenvalue weighted by Crippen LogP contribution is 2.32. The van der Waals surface area contributed by atoms with Crippen molar-refractivity contribution in [2.75, 3.05) is 44.8 Å². The van der Waals surface area contributed by atoms with Crippen LogP contribution >= 0.6 is 11.3 Å². The highest BCUT2D eigenvalue weighted by Gasteiger charge is 2.18. The van der Waals surface area contributed by atoms with Crippen LogP contribution < -0.4 is 10.1 Å². The first-order chi connectivity index (χ1) is 17.7. The summed E-state index contributed by atoms with van der Waals surface area (Å²) in [5, 5.41) is 5.84. The summed E-state index contributed by atoms with van der Waals surface area (Å²) in [6.45, 7) is 5.20. The van der Waals surface area contributed by atoms with Crippen LogP contribution in [0.4, 0.5) is 5.88 Å². The minimum absolute atomic E-state index is 0.266. The van der Waals surface area contributed by atoms with Gasteiger partial charge in [-0.25, -0.2) is 4.98 Å². The molecule has 7 nitrogen and oxygen atoms in total. The van der Waals surface area contributed by atoms with Gasteiger partial charge in [-0.2, -0.15) is 0 Å². The number of amides is 1. The van der Waals surface area contributed by atoms with E-state index in [4.69, 9.17) is 13.9 Å². The molecule has 0 atom stereocenters. The maximum atomic E-state index is 13.4. The second-order valence-electron chi connectivity index (χ2n) is 8.95. The number of ether oxygens (including phenoxy) is 2. The van der Waals surface area contributed by atoms with Crippen molar-refractivity contribution < 1.29 is 18.7 Å². The van der Waals surface area contributed by atoms with Gasteiger partial charge >= 0.3 is 0 Å². The Morgan fingerprint density at radius 2 is 1.86 bits per heavy atom. The number of hydrogen-bond acceptors (Lipinski definition) is 7. The molecule has 0 spiro atoms. The number of benzene rings is 3. The predicted molar refractivity (Wildman–Crippen MR) is 143 cm³/mol. The zero-order valence-corrected chi connectivity index (χ0v) is 20.7. The topological polar surface area (TPSA) is 76.8 Å². The van der Waals surface area contributed by atoms with Crippen molar-refractivity contribution in [1.82, 2.24) is 9.88 Å². The number of aromatic nitrogens is 1. The van der Waals surface area contributed by atoms with Gasteiger partial charge in [0.15, 0.2) is 5.58 Å². The molecule has 0 saturated carbocycles. The third-order valence-corrected chi connectivity index (χ3v) is 7.34. The molecule has 1 saturated heterocycles. The van der Waals surface area contributed by atoms with Gasteiger partial charge in [0.25, 0.3) is 5.91 Å². The van der Waals surface area contributed by atoms with Crippen molar-refractivity contribution in [3.05, 3.63) is 65.7 Å². The van der Waals surface area contributed by atoms with E-state index in [2.05, 4.69) is 15.2 Å². The quantitative estimate of drug-likeness (QED) is 0.265. The largest absolute Gasteiger partial charge is 0.493 e. The lowest BCUT2D eigenvalue weighted by molar-refractivity contribution is 0.0368. The van der Waals surface area contributed by atoms with Crippen molar-refractivity contribution in [1.29, 1.82) is 0 Å². The molecule has 1 fully saturated rings. The second-order valence-corrected chi connectivity index (χ2v) is 9.84. The minimum Gasteiger partial charge on any atom is -0.493 e. The summed E-state index contributed by atoms with van der Waals surface area (Å²) in [5.74, 6) is 0.702. The van der Waals surface area contributed by atoms with Crippen LogP contribution in [-0.2, 0) is 4.74 Å². The molecule has 3 aromatic carbocycles. The average molecular weight is 502 g/mol. The van der Waals surface area contributed by atoms with Crippen LogP contribution in [-0.4, -0.2) is 55.2 Å². The van der Waals surface area contributed by atoms with Crippen LogP contribution in [0.5, 0.6) is 5.75 Å². The van der Waals surface area contributed by atoms with E-state index in [1.54, 1.807) is 16.8 Å². The number of nitrogens with zero attached hydrogens (tertiary/aromatic N) is 2. The number of furan rings is 1.